The summed E-state index contributed by atoms with van der Waals surface area (Å²) < 4.78 is 3.51. The van der Waals surface area contributed by atoms with Gasteiger partial charge in [-0.05, 0) is 246 Å². The summed E-state index contributed by atoms with van der Waals surface area (Å²) in [4.78, 5) is 0. The molecule has 0 saturated carbocycles. The molecule has 0 amide bonds. The van der Waals surface area contributed by atoms with Gasteiger partial charge >= 0.3 is 14.2 Å². The lowest BCUT2D eigenvalue weighted by Crippen LogP contribution is -2.30. The molecule has 0 aliphatic carbocycles. The summed E-state index contributed by atoms with van der Waals surface area (Å²) in [6, 6.07) is 150. The molecule has 0 aliphatic rings. The average Bonchev–Trinajstić information content (AvgIpc) is 0.516. The Morgan fingerprint density at radius 1 is 0.174 bits per heavy atom. The summed E-state index contributed by atoms with van der Waals surface area (Å²) in [5.74, 6) is 0. The van der Waals surface area contributed by atoms with Crippen LogP contribution in [0.1, 0.15) is 0 Å². The summed E-state index contributed by atoms with van der Waals surface area (Å²) in [6.07, 6.45) is 0. The molecule has 0 bridgehead atoms. The van der Waals surface area contributed by atoms with Gasteiger partial charge in [0.15, 0.2) is 0 Å². The summed E-state index contributed by atoms with van der Waals surface area (Å²) in [5.41, 5.74) is 20.5. The topological polar surface area (TPSA) is 80.9 Å². The van der Waals surface area contributed by atoms with Gasteiger partial charge in [0.25, 0.3) is 0 Å². The first-order valence-electron chi connectivity index (χ1n) is 38.2. The minimum Gasteiger partial charge on any atom is -0.423 e. The number of hydrogen-bond acceptors (Lipinski definition) is 4. The number of rotatable bonds is 10. The molecule has 4 N–H and O–H groups in total. The highest BCUT2D eigenvalue weighted by molar-refractivity contribution is 14.1. The van der Waals surface area contributed by atoms with Crippen LogP contribution in [0.15, 0.2) is 440 Å². The average molecular weight is 1720 g/mol. The number of halogens is 3. The second kappa shape index (κ2) is 35.9. The minimum absolute atomic E-state index is 0.533. The Kier molecular flexibility index (Phi) is 24.0. The van der Waals surface area contributed by atoms with Crippen LogP contribution in [0.2, 0.25) is 0 Å². The molecule has 20 aromatic carbocycles. The zero-order chi connectivity index (χ0) is 78.6. The van der Waals surface area contributed by atoms with E-state index < -0.39 is 14.2 Å². The van der Waals surface area contributed by atoms with E-state index in [2.05, 4.69) is 370 Å². The van der Waals surface area contributed by atoms with Crippen LogP contribution >= 0.6 is 54.5 Å². The van der Waals surface area contributed by atoms with Gasteiger partial charge in [0.1, 0.15) is 0 Å². The van der Waals surface area contributed by atoms with E-state index in [0.29, 0.717) is 10.9 Å². The monoisotopic (exact) mass is 1720 g/mol. The molecule has 9 heteroatoms. The highest BCUT2D eigenvalue weighted by Gasteiger charge is 2.20. The third-order valence-electron chi connectivity index (χ3n) is 21.1. The van der Waals surface area contributed by atoms with Crippen LogP contribution in [-0.2, 0) is 0 Å². The Morgan fingerprint density at radius 3 is 0.652 bits per heavy atom. The standard InChI is InChI=1S/C42H28.C22H15Br.C20H15BO2.C16H13BO2.C6H4BrI/c1-2-11-30(12-3-1)35-24-25-36(40-15-7-6-14-39(35)40)31-19-21-32(22-20-31)37-26-27-38(42-17-9-8-16-41(37)42)34-23-18-29-10-4-5-13-33(29)28-34;23-18-12-10-17(11-13-18)20-15-14-19(16-6-2-1-3-7-16)21-8-4-5-9-22(20)21;22-21(23)20-12-11-17(18-7-3-4-8-19(18)20)16-10-9-14-5-1-2-6-15(14)13-16;18-17(19)16-11-10-13(12-6-2-1-3-7-12)14-8-4-5-9-15(14)16;7-5-1-3-6(8)4-2-5/h1-28H;1-15H;1-13,22-23H;1-11,18-19H;1-4H. The predicted molar refractivity (Wildman–Crippen MR) is 506 cm³/mol. The summed E-state index contributed by atoms with van der Waals surface area (Å²) in [5, 5.41) is 54.4. The molecule has 0 aromatic heterocycles. The molecule has 0 atom stereocenters. The fourth-order valence-corrected chi connectivity index (χ4v) is 16.3. The van der Waals surface area contributed by atoms with E-state index in [0.717, 1.165) is 52.7 Å². The smallest absolute Gasteiger partial charge is 0.423 e. The Bertz CT molecular complexity index is 6790. The third kappa shape index (κ3) is 17.4. The van der Waals surface area contributed by atoms with Crippen molar-refractivity contribution in [2.24, 2.45) is 0 Å². The van der Waals surface area contributed by atoms with E-state index in [4.69, 9.17) is 0 Å². The largest absolute Gasteiger partial charge is 0.489 e. The second-order valence-electron chi connectivity index (χ2n) is 28.1. The van der Waals surface area contributed by atoms with Crippen molar-refractivity contribution in [3.05, 3.63) is 443 Å². The SMILES string of the molecule is Brc1ccc(-c2ccc(-c3ccccc3)c3ccccc23)cc1.Brc1ccc(I)cc1.OB(O)c1ccc(-c2ccc3ccccc3c2)c2ccccc12.OB(O)c1ccc(-c2ccccc2)c2ccccc12.c1ccc(-c2ccc(-c3ccc(-c4ccc(-c5ccc6ccccc6c5)c5ccccc45)cc3)c3ccccc23)cc1. The van der Waals surface area contributed by atoms with E-state index >= 15 is 0 Å². The fraction of sp³-hybridized carbons (Fsp3) is 0. The molecule has 20 aromatic rings. The van der Waals surface area contributed by atoms with Crippen molar-refractivity contribution >= 4 is 155 Å². The van der Waals surface area contributed by atoms with Gasteiger partial charge in [-0.25, -0.2) is 0 Å². The number of fused-ring (bicyclic) bond motifs is 7. The van der Waals surface area contributed by atoms with Crippen molar-refractivity contribution in [1.82, 2.24) is 0 Å². The number of hydrogen-bond donors (Lipinski definition) is 4. The minimum atomic E-state index is -1.47. The van der Waals surface area contributed by atoms with Crippen LogP contribution in [0.3, 0.4) is 0 Å². The molecule has 0 spiro atoms. The van der Waals surface area contributed by atoms with Gasteiger partial charge in [-0.1, -0.05) is 414 Å². The molecular weight excluding hydrogens is 1650 g/mol. The lowest BCUT2D eigenvalue weighted by atomic mass is 9.76. The molecule has 115 heavy (non-hydrogen) atoms. The molecule has 0 heterocycles. The maximum atomic E-state index is 9.58. The van der Waals surface area contributed by atoms with Gasteiger partial charge in [-0.3, -0.25) is 0 Å². The van der Waals surface area contributed by atoms with Crippen molar-refractivity contribution in [3.63, 3.8) is 0 Å². The van der Waals surface area contributed by atoms with Crippen molar-refractivity contribution < 1.29 is 20.1 Å². The van der Waals surface area contributed by atoms with Gasteiger partial charge in [0, 0.05) is 12.5 Å². The van der Waals surface area contributed by atoms with E-state index in [1.54, 1.807) is 12.1 Å². The molecule has 0 unspecified atom stereocenters. The first kappa shape index (κ1) is 76.8. The normalized spacial score (nSPS) is 10.9. The van der Waals surface area contributed by atoms with E-state index in [1.807, 2.05) is 103 Å². The van der Waals surface area contributed by atoms with Crippen LogP contribution in [0.4, 0.5) is 0 Å². The van der Waals surface area contributed by atoms with Crippen molar-refractivity contribution in [2.45, 2.75) is 0 Å². The van der Waals surface area contributed by atoms with Crippen molar-refractivity contribution in [1.29, 1.82) is 0 Å². The molecule has 20 rings (SSSR count). The van der Waals surface area contributed by atoms with Gasteiger partial charge in [0.05, 0.1) is 0 Å². The van der Waals surface area contributed by atoms with Gasteiger partial charge in [-0.15, -0.1) is 0 Å². The zero-order valence-electron chi connectivity index (χ0n) is 62.6. The van der Waals surface area contributed by atoms with Crippen LogP contribution in [0.25, 0.3) is 164 Å². The third-order valence-corrected chi connectivity index (χ3v) is 22.9. The van der Waals surface area contributed by atoms with Crippen LogP contribution < -0.4 is 10.9 Å². The Labute approximate surface area is 701 Å². The van der Waals surface area contributed by atoms with Crippen LogP contribution in [0.5, 0.6) is 0 Å². The Hall–Kier alpha value is -12.1. The second-order valence-corrected chi connectivity index (χ2v) is 31.2. The number of benzene rings is 20. The maximum absolute atomic E-state index is 9.58. The molecule has 0 fully saturated rings. The van der Waals surface area contributed by atoms with Gasteiger partial charge in [-0.2, -0.15) is 0 Å². The molecule has 0 saturated heterocycles. The Balaban J connectivity index is 0.000000117. The predicted octanol–water partition coefficient (Wildman–Crippen LogP) is 27.3. The van der Waals surface area contributed by atoms with Crippen LogP contribution in [0, 0.1) is 3.57 Å². The summed E-state index contributed by atoms with van der Waals surface area (Å²) in [7, 11) is -2.92. The van der Waals surface area contributed by atoms with Crippen molar-refractivity contribution in [2.75, 3.05) is 0 Å². The quantitative estimate of drug-likeness (QED) is 0.0812. The first-order chi connectivity index (χ1) is 56.5. The highest BCUT2D eigenvalue weighted by atomic mass is 127. The fourth-order valence-electron chi connectivity index (χ4n) is 15.5. The molecule has 4 nitrogen and oxygen atoms in total. The molecule has 0 aliphatic heterocycles. The molecular formula is C106H75B2Br2IO4. The van der Waals surface area contributed by atoms with Crippen molar-refractivity contribution in [3.8, 4) is 89.0 Å². The highest BCUT2D eigenvalue weighted by Crippen LogP contribution is 2.42. The molecule has 0 radical (unpaired) electrons. The van der Waals surface area contributed by atoms with Gasteiger partial charge in [0.2, 0.25) is 0 Å². The maximum Gasteiger partial charge on any atom is 0.489 e. The van der Waals surface area contributed by atoms with E-state index in [1.165, 1.54) is 124 Å². The Morgan fingerprint density at radius 2 is 0.374 bits per heavy atom. The summed E-state index contributed by atoms with van der Waals surface area (Å²) >= 11 is 9.13. The van der Waals surface area contributed by atoms with E-state index in [-0.39, 0.29) is 0 Å². The lowest BCUT2D eigenvalue weighted by molar-refractivity contribution is 0.425. The summed E-state index contributed by atoms with van der Waals surface area (Å²) in [6.45, 7) is 0. The van der Waals surface area contributed by atoms with Crippen LogP contribution in [-0.4, -0.2) is 34.3 Å². The lowest BCUT2D eigenvalue weighted by Gasteiger charge is -2.14. The van der Waals surface area contributed by atoms with Gasteiger partial charge < -0.3 is 20.1 Å². The first-order valence-corrected chi connectivity index (χ1v) is 40.9. The van der Waals surface area contributed by atoms with E-state index in [9.17, 15) is 20.1 Å². The zero-order valence-corrected chi connectivity index (χ0v) is 67.9. The molecule has 550 valence electrons.